The maximum atomic E-state index is 10.3. The fraction of sp³-hybridized carbons (Fsp3) is 0.312. The molecule has 3 rings (SSSR count). The van der Waals surface area contributed by atoms with Crippen molar-refractivity contribution in [3.63, 3.8) is 0 Å². The van der Waals surface area contributed by atoms with Gasteiger partial charge in [-0.1, -0.05) is 36.1 Å². The number of hydrogen-bond donors (Lipinski definition) is 2. The van der Waals surface area contributed by atoms with E-state index in [4.69, 9.17) is 12.2 Å². The highest BCUT2D eigenvalue weighted by Gasteiger charge is 2.17. The number of imidazole rings is 1. The molecule has 23 heavy (non-hydrogen) atoms. The third kappa shape index (κ3) is 3.49. The van der Waals surface area contributed by atoms with E-state index in [1.165, 1.54) is 11.8 Å². The number of aromatic nitrogens is 2. The zero-order chi connectivity index (χ0) is 16.2. The van der Waals surface area contributed by atoms with Crippen LogP contribution in [0.2, 0.25) is 0 Å². The van der Waals surface area contributed by atoms with Crippen molar-refractivity contribution in [2.75, 3.05) is 18.8 Å². The van der Waals surface area contributed by atoms with Crippen molar-refractivity contribution in [1.29, 1.82) is 5.26 Å². The summed E-state index contributed by atoms with van der Waals surface area (Å²) in [6, 6.07) is 9.56. The Morgan fingerprint density at radius 2 is 2.13 bits per heavy atom. The van der Waals surface area contributed by atoms with E-state index in [0.29, 0.717) is 5.82 Å². The van der Waals surface area contributed by atoms with Crippen LogP contribution in [0, 0.1) is 11.3 Å². The van der Waals surface area contributed by atoms with Crippen LogP contribution in [-0.4, -0.2) is 43.1 Å². The van der Waals surface area contributed by atoms with Crippen molar-refractivity contribution in [2.24, 2.45) is 0 Å². The van der Waals surface area contributed by atoms with Gasteiger partial charge in [0.15, 0.2) is 5.82 Å². The van der Waals surface area contributed by atoms with Gasteiger partial charge in [-0.05, 0) is 25.0 Å². The minimum atomic E-state index is -0.00176. The number of nitrogens with zero attached hydrogens (tertiary/aromatic N) is 3. The quantitative estimate of drug-likeness (QED) is 0.504. The van der Waals surface area contributed by atoms with Gasteiger partial charge in [0.05, 0.1) is 16.8 Å². The minimum absolute atomic E-state index is 0.00176. The molecule has 0 spiro atoms. The second kappa shape index (κ2) is 7.02. The summed E-state index contributed by atoms with van der Waals surface area (Å²) < 4.78 is 0.774. The van der Waals surface area contributed by atoms with Crippen LogP contribution in [0.3, 0.4) is 0 Å². The van der Waals surface area contributed by atoms with Crippen molar-refractivity contribution in [3.8, 4) is 6.07 Å². The number of rotatable bonds is 3. The van der Waals surface area contributed by atoms with E-state index in [1.54, 1.807) is 0 Å². The standard InChI is InChI=1S/C16H16N4OS2/c17-9-11(15-18-12-5-1-2-6-13(12)19-15)14(21)10-23-16(22)20-7-3-4-8-20/h1-2,5-6,21H,3-4,7-8,10H2,(H,18,19)/b14-11-. The summed E-state index contributed by atoms with van der Waals surface area (Å²) in [6.07, 6.45) is 2.32. The second-order valence-electron chi connectivity index (χ2n) is 5.28. The van der Waals surface area contributed by atoms with E-state index >= 15 is 0 Å². The summed E-state index contributed by atoms with van der Waals surface area (Å²) >= 11 is 6.76. The first-order valence-corrected chi connectivity index (χ1v) is 8.77. The highest BCUT2D eigenvalue weighted by atomic mass is 32.2. The van der Waals surface area contributed by atoms with Crippen LogP contribution in [0.4, 0.5) is 0 Å². The lowest BCUT2D eigenvalue weighted by atomic mass is 10.2. The number of benzene rings is 1. The Morgan fingerprint density at radius 1 is 1.39 bits per heavy atom. The lowest BCUT2D eigenvalue weighted by Crippen LogP contribution is -2.23. The Balaban J connectivity index is 1.76. The topological polar surface area (TPSA) is 75.9 Å². The van der Waals surface area contributed by atoms with Crippen LogP contribution in [0.15, 0.2) is 30.0 Å². The van der Waals surface area contributed by atoms with Crippen molar-refractivity contribution in [1.82, 2.24) is 14.9 Å². The van der Waals surface area contributed by atoms with Gasteiger partial charge in [-0.15, -0.1) is 0 Å². The molecular weight excluding hydrogens is 328 g/mol. The average Bonchev–Trinajstić information content (AvgIpc) is 3.22. The van der Waals surface area contributed by atoms with Crippen LogP contribution in [-0.2, 0) is 0 Å². The second-order valence-corrected chi connectivity index (χ2v) is 6.89. The zero-order valence-corrected chi connectivity index (χ0v) is 14.1. The van der Waals surface area contributed by atoms with E-state index in [9.17, 15) is 10.4 Å². The molecule has 0 aliphatic carbocycles. The van der Waals surface area contributed by atoms with Gasteiger partial charge in [0.25, 0.3) is 0 Å². The zero-order valence-electron chi connectivity index (χ0n) is 12.5. The molecule has 2 N–H and O–H groups in total. The molecule has 1 saturated heterocycles. The van der Waals surface area contributed by atoms with Crippen molar-refractivity contribution >= 4 is 44.9 Å². The maximum Gasteiger partial charge on any atom is 0.152 e. The van der Waals surface area contributed by atoms with Crippen molar-refractivity contribution in [3.05, 3.63) is 35.8 Å². The molecule has 0 atom stereocenters. The summed E-state index contributed by atoms with van der Waals surface area (Å²) in [7, 11) is 0. The van der Waals surface area contributed by atoms with E-state index in [1.807, 2.05) is 30.3 Å². The Labute approximate surface area is 144 Å². The van der Waals surface area contributed by atoms with E-state index in [0.717, 1.165) is 41.3 Å². The number of nitrogens with one attached hydrogen (secondary N) is 1. The van der Waals surface area contributed by atoms with E-state index in [-0.39, 0.29) is 17.1 Å². The number of aliphatic hydroxyl groups excluding tert-OH is 1. The van der Waals surface area contributed by atoms with Gasteiger partial charge in [-0.3, -0.25) is 0 Å². The van der Waals surface area contributed by atoms with E-state index in [2.05, 4.69) is 14.9 Å². The molecular formula is C16H16N4OS2. The Morgan fingerprint density at radius 3 is 2.83 bits per heavy atom. The monoisotopic (exact) mass is 344 g/mol. The number of hydrogen-bond acceptors (Lipinski definition) is 5. The van der Waals surface area contributed by atoms with Gasteiger partial charge >= 0.3 is 0 Å². The molecule has 0 unspecified atom stereocenters. The predicted octanol–water partition coefficient (Wildman–Crippen LogP) is 3.47. The molecule has 0 radical (unpaired) electrons. The van der Waals surface area contributed by atoms with Crippen LogP contribution >= 0.6 is 24.0 Å². The van der Waals surface area contributed by atoms with E-state index < -0.39 is 0 Å². The number of para-hydroxylation sites is 2. The largest absolute Gasteiger partial charge is 0.510 e. The Hall–Kier alpha value is -2.04. The summed E-state index contributed by atoms with van der Waals surface area (Å²) in [4.78, 5) is 9.57. The normalized spacial score (nSPS) is 15.5. The summed E-state index contributed by atoms with van der Waals surface area (Å²) in [5, 5.41) is 19.6. The molecule has 118 valence electrons. The molecule has 1 aromatic heterocycles. The number of H-pyrrole nitrogens is 1. The van der Waals surface area contributed by atoms with Crippen LogP contribution in [0.5, 0.6) is 0 Å². The summed E-state index contributed by atoms with van der Waals surface area (Å²) in [6.45, 7) is 1.95. The lowest BCUT2D eigenvalue weighted by molar-refractivity contribution is 0.420. The van der Waals surface area contributed by atoms with Gasteiger partial charge in [0.2, 0.25) is 0 Å². The SMILES string of the molecule is N#C/C(=C(/O)CSC(=S)N1CCCC1)c1nc2ccccc2[nH]1. The average molecular weight is 344 g/mol. The Kier molecular flexibility index (Phi) is 4.84. The number of thioether (sulfide) groups is 1. The number of aromatic amines is 1. The van der Waals surface area contributed by atoms with Gasteiger partial charge in [0.1, 0.15) is 21.7 Å². The Bertz CT molecular complexity index is 767. The molecule has 5 nitrogen and oxygen atoms in total. The highest BCUT2D eigenvalue weighted by Crippen LogP contribution is 2.23. The number of allylic oxidation sites excluding steroid dienone is 1. The highest BCUT2D eigenvalue weighted by molar-refractivity contribution is 8.23. The molecule has 2 heterocycles. The van der Waals surface area contributed by atoms with Crippen molar-refractivity contribution < 1.29 is 5.11 Å². The predicted molar refractivity (Wildman–Crippen MR) is 97.1 cm³/mol. The fourth-order valence-corrected chi connectivity index (χ4v) is 3.65. The molecule has 0 amide bonds. The number of likely N-dealkylation sites (tertiary alicyclic amines) is 1. The smallest absolute Gasteiger partial charge is 0.152 e. The molecule has 2 aromatic rings. The van der Waals surface area contributed by atoms with Crippen LogP contribution < -0.4 is 0 Å². The number of fused-ring (bicyclic) bond motifs is 1. The number of nitriles is 1. The summed E-state index contributed by atoms with van der Waals surface area (Å²) in [5.41, 5.74) is 1.77. The molecule has 1 aromatic carbocycles. The van der Waals surface area contributed by atoms with Gasteiger partial charge in [-0.2, -0.15) is 5.26 Å². The molecule has 1 aliphatic rings. The number of aliphatic hydroxyl groups is 1. The van der Waals surface area contributed by atoms with Gasteiger partial charge in [-0.25, -0.2) is 4.98 Å². The first-order valence-electron chi connectivity index (χ1n) is 7.38. The lowest BCUT2D eigenvalue weighted by Gasteiger charge is -2.17. The molecule has 0 saturated carbocycles. The third-order valence-electron chi connectivity index (χ3n) is 3.72. The molecule has 1 aliphatic heterocycles. The minimum Gasteiger partial charge on any atom is -0.510 e. The number of thiocarbonyl (C=S) groups is 1. The van der Waals surface area contributed by atoms with Gasteiger partial charge < -0.3 is 15.0 Å². The fourth-order valence-electron chi connectivity index (χ4n) is 2.52. The summed E-state index contributed by atoms with van der Waals surface area (Å²) in [5.74, 6) is 0.659. The van der Waals surface area contributed by atoms with Gasteiger partial charge in [0, 0.05) is 13.1 Å². The third-order valence-corrected chi connectivity index (χ3v) is 5.26. The van der Waals surface area contributed by atoms with Crippen LogP contribution in [0.25, 0.3) is 16.6 Å². The maximum absolute atomic E-state index is 10.3. The van der Waals surface area contributed by atoms with Crippen LogP contribution in [0.1, 0.15) is 18.7 Å². The molecule has 7 heteroatoms. The van der Waals surface area contributed by atoms with Crippen molar-refractivity contribution in [2.45, 2.75) is 12.8 Å². The first-order chi connectivity index (χ1) is 11.2. The molecule has 0 bridgehead atoms. The first kappa shape index (κ1) is 15.8. The molecule has 1 fully saturated rings.